The van der Waals surface area contributed by atoms with Gasteiger partial charge in [0.15, 0.2) is 0 Å². The predicted molar refractivity (Wildman–Crippen MR) is 117 cm³/mol. The van der Waals surface area contributed by atoms with Crippen LogP contribution < -0.4 is 5.32 Å². The van der Waals surface area contributed by atoms with Crippen LogP contribution in [0.5, 0.6) is 0 Å². The van der Waals surface area contributed by atoms with E-state index in [4.69, 9.17) is 0 Å². The molecule has 2 aliphatic heterocycles. The minimum absolute atomic E-state index is 0.110. The Morgan fingerprint density at radius 2 is 1.91 bits per heavy atom. The molecule has 4 rings (SSSR count). The maximum Gasteiger partial charge on any atom is 0.401 e. The molecule has 178 valence electrons. The zero-order chi connectivity index (χ0) is 23.4. The fraction of sp³-hybridized carbons (Fsp3) is 0.500. The Bertz CT molecular complexity index is 944. The van der Waals surface area contributed by atoms with Crippen LogP contribution in [0.1, 0.15) is 33.5 Å². The topological polar surface area (TPSA) is 68.7 Å². The Kier molecular flexibility index (Phi) is 7.31. The maximum atomic E-state index is 12.6. The largest absolute Gasteiger partial charge is 0.401 e. The Morgan fingerprint density at radius 3 is 2.61 bits per heavy atom. The first kappa shape index (κ1) is 23.7. The molecular formula is C24H29F3N4O2. The summed E-state index contributed by atoms with van der Waals surface area (Å²) in [4.78, 5) is 20.3. The molecule has 2 aromatic rings. The number of nitrogens with zero attached hydrogens (tertiary/aromatic N) is 3. The lowest BCUT2D eigenvalue weighted by Gasteiger charge is -2.20. The van der Waals surface area contributed by atoms with Gasteiger partial charge in [0.05, 0.1) is 18.2 Å². The Balaban J connectivity index is 1.23. The molecule has 1 saturated heterocycles. The second-order valence-corrected chi connectivity index (χ2v) is 9.09. The molecule has 1 unspecified atom stereocenters. The molecule has 2 atom stereocenters. The normalized spacial score (nSPS) is 20.1. The number of aliphatic hydroxyl groups excluding tert-OH is 1. The first-order chi connectivity index (χ1) is 15.7. The van der Waals surface area contributed by atoms with E-state index >= 15 is 0 Å². The van der Waals surface area contributed by atoms with Gasteiger partial charge < -0.3 is 10.4 Å². The number of aromatic nitrogens is 1. The lowest BCUT2D eigenvalue weighted by molar-refractivity contribution is -0.143. The average Bonchev–Trinajstić information content (AvgIpc) is 3.36. The van der Waals surface area contributed by atoms with Gasteiger partial charge in [0.25, 0.3) is 5.91 Å². The molecule has 0 aliphatic carbocycles. The molecule has 0 bridgehead atoms. The number of carbonyl (C=O) groups excluding carboxylic acids is 1. The van der Waals surface area contributed by atoms with Crippen molar-refractivity contribution in [2.45, 2.75) is 38.2 Å². The van der Waals surface area contributed by atoms with E-state index in [-0.39, 0.29) is 18.4 Å². The number of amides is 1. The third kappa shape index (κ3) is 6.75. The van der Waals surface area contributed by atoms with Crippen LogP contribution in [0.25, 0.3) is 0 Å². The van der Waals surface area contributed by atoms with Gasteiger partial charge in [-0.05, 0) is 48.1 Å². The zero-order valence-electron chi connectivity index (χ0n) is 18.4. The third-order valence-electron chi connectivity index (χ3n) is 6.23. The van der Waals surface area contributed by atoms with E-state index in [1.807, 2.05) is 12.1 Å². The predicted octanol–water partition coefficient (Wildman–Crippen LogP) is 2.61. The number of likely N-dealkylation sites (tertiary alicyclic amines) is 1. The van der Waals surface area contributed by atoms with E-state index in [0.717, 1.165) is 18.7 Å². The van der Waals surface area contributed by atoms with Gasteiger partial charge in [-0.2, -0.15) is 13.2 Å². The number of pyridine rings is 1. The van der Waals surface area contributed by atoms with Crippen LogP contribution in [-0.2, 0) is 19.5 Å². The molecule has 33 heavy (non-hydrogen) atoms. The summed E-state index contributed by atoms with van der Waals surface area (Å²) in [6, 6.07) is 9.92. The van der Waals surface area contributed by atoms with Crippen molar-refractivity contribution in [1.82, 2.24) is 20.1 Å². The van der Waals surface area contributed by atoms with Crippen molar-refractivity contribution in [2.24, 2.45) is 5.92 Å². The first-order valence-electron chi connectivity index (χ1n) is 11.2. The monoisotopic (exact) mass is 462 g/mol. The lowest BCUT2D eigenvalue weighted by Crippen LogP contribution is -2.38. The summed E-state index contributed by atoms with van der Waals surface area (Å²) in [5, 5.41) is 13.1. The number of alkyl halides is 3. The van der Waals surface area contributed by atoms with Crippen molar-refractivity contribution in [3.63, 3.8) is 0 Å². The lowest BCUT2D eigenvalue weighted by atomic mass is 9.99. The van der Waals surface area contributed by atoms with Crippen molar-refractivity contribution < 1.29 is 23.1 Å². The molecule has 3 heterocycles. The van der Waals surface area contributed by atoms with Gasteiger partial charge in [-0.15, -0.1) is 0 Å². The Hall–Kier alpha value is -2.49. The molecule has 0 spiro atoms. The van der Waals surface area contributed by atoms with Crippen molar-refractivity contribution in [1.29, 1.82) is 0 Å². The summed E-state index contributed by atoms with van der Waals surface area (Å²) in [5.74, 6) is -0.211. The molecule has 2 aliphatic rings. The smallest absolute Gasteiger partial charge is 0.390 e. The van der Waals surface area contributed by atoms with Gasteiger partial charge in [-0.25, -0.2) is 0 Å². The number of aliphatic hydroxyl groups is 1. The molecule has 1 aromatic carbocycles. The molecule has 1 fully saturated rings. The Labute approximate surface area is 191 Å². The van der Waals surface area contributed by atoms with Gasteiger partial charge in [0.1, 0.15) is 0 Å². The average molecular weight is 463 g/mol. The summed E-state index contributed by atoms with van der Waals surface area (Å²) in [6.45, 7) is 2.11. The van der Waals surface area contributed by atoms with Crippen molar-refractivity contribution in [3.8, 4) is 0 Å². The number of nitrogens with one attached hydrogen (secondary N) is 1. The second kappa shape index (κ2) is 10.2. The minimum Gasteiger partial charge on any atom is -0.390 e. The summed E-state index contributed by atoms with van der Waals surface area (Å²) in [5.41, 5.74) is 3.75. The van der Waals surface area contributed by atoms with Gasteiger partial charge >= 0.3 is 6.18 Å². The standard InChI is InChI=1S/C24H29F3N4O2/c25-24(26,27)16-30-6-5-17(12-30)7-18-8-21(10-28-9-18)23(33)29-11-22(32)15-31-13-19-3-1-2-4-20(19)14-31/h1-4,8-10,17,22,32H,5-7,11-16H2,(H,29,33)/t17?,22-/m0/s1. The fourth-order valence-electron chi connectivity index (χ4n) is 4.74. The van der Waals surface area contributed by atoms with Gasteiger partial charge in [0.2, 0.25) is 0 Å². The van der Waals surface area contributed by atoms with E-state index in [1.54, 1.807) is 12.3 Å². The van der Waals surface area contributed by atoms with Crippen LogP contribution >= 0.6 is 0 Å². The van der Waals surface area contributed by atoms with Crippen LogP contribution in [0.15, 0.2) is 42.7 Å². The highest BCUT2D eigenvalue weighted by Gasteiger charge is 2.34. The third-order valence-corrected chi connectivity index (χ3v) is 6.23. The zero-order valence-corrected chi connectivity index (χ0v) is 18.4. The SMILES string of the molecule is O=C(NC[C@H](O)CN1Cc2ccccc2C1)c1cncc(CC2CCN(CC(F)(F)F)C2)c1. The van der Waals surface area contributed by atoms with Crippen LogP contribution in [0.3, 0.4) is 0 Å². The van der Waals surface area contributed by atoms with Crippen LogP contribution in [0.2, 0.25) is 0 Å². The number of hydrogen-bond donors (Lipinski definition) is 2. The highest BCUT2D eigenvalue weighted by atomic mass is 19.4. The van der Waals surface area contributed by atoms with Crippen molar-refractivity contribution in [2.75, 3.05) is 32.7 Å². The van der Waals surface area contributed by atoms with Crippen molar-refractivity contribution >= 4 is 5.91 Å². The van der Waals surface area contributed by atoms with E-state index in [9.17, 15) is 23.1 Å². The van der Waals surface area contributed by atoms with Crippen LogP contribution in [0, 0.1) is 5.92 Å². The Morgan fingerprint density at radius 1 is 1.18 bits per heavy atom. The quantitative estimate of drug-likeness (QED) is 0.631. The summed E-state index contributed by atoms with van der Waals surface area (Å²) in [7, 11) is 0. The first-order valence-corrected chi connectivity index (χ1v) is 11.2. The van der Waals surface area contributed by atoms with E-state index < -0.39 is 18.8 Å². The number of fused-ring (bicyclic) bond motifs is 1. The second-order valence-electron chi connectivity index (χ2n) is 9.09. The van der Waals surface area contributed by atoms with Gasteiger partial charge in [0, 0.05) is 45.1 Å². The van der Waals surface area contributed by atoms with Crippen molar-refractivity contribution in [3.05, 3.63) is 65.0 Å². The molecule has 2 N–H and O–H groups in total. The van der Waals surface area contributed by atoms with Crippen LogP contribution in [0.4, 0.5) is 13.2 Å². The molecule has 1 aromatic heterocycles. The maximum absolute atomic E-state index is 12.6. The summed E-state index contributed by atoms with van der Waals surface area (Å²) < 4.78 is 37.8. The number of β-amino-alcohol motifs (C(OH)–C–C–N with tert-alkyl or cyclic N) is 1. The van der Waals surface area contributed by atoms with E-state index in [0.29, 0.717) is 38.0 Å². The summed E-state index contributed by atoms with van der Waals surface area (Å²) in [6.07, 6.45) is -0.481. The number of benzene rings is 1. The molecule has 0 saturated carbocycles. The number of halogens is 3. The molecule has 9 heteroatoms. The van der Waals surface area contributed by atoms with Crippen LogP contribution in [-0.4, -0.2) is 70.8 Å². The molecule has 1 amide bonds. The van der Waals surface area contributed by atoms with Gasteiger partial charge in [-0.1, -0.05) is 24.3 Å². The molecule has 0 radical (unpaired) electrons. The van der Waals surface area contributed by atoms with E-state index in [1.165, 1.54) is 22.2 Å². The van der Waals surface area contributed by atoms with E-state index in [2.05, 4.69) is 27.3 Å². The molecular weight excluding hydrogens is 433 g/mol. The molecule has 6 nitrogen and oxygen atoms in total. The highest BCUT2D eigenvalue weighted by Crippen LogP contribution is 2.25. The summed E-state index contributed by atoms with van der Waals surface area (Å²) >= 11 is 0. The number of carbonyl (C=O) groups is 1. The minimum atomic E-state index is -4.18. The van der Waals surface area contributed by atoms with Gasteiger partial charge in [-0.3, -0.25) is 19.6 Å². The highest BCUT2D eigenvalue weighted by molar-refractivity contribution is 5.94. The number of hydrogen-bond acceptors (Lipinski definition) is 5. The fourth-order valence-corrected chi connectivity index (χ4v) is 4.74. The number of rotatable bonds is 8.